The van der Waals surface area contributed by atoms with Crippen molar-refractivity contribution in [2.75, 3.05) is 11.9 Å². The van der Waals surface area contributed by atoms with Gasteiger partial charge in [-0.25, -0.2) is 4.79 Å². The largest absolute Gasteiger partial charge is 0.454 e. The maximum Gasteiger partial charge on any atom is 0.329 e. The second-order valence-electron chi connectivity index (χ2n) is 6.34. The fraction of sp³-hybridized carbons (Fsp3) is 0.200. The smallest absolute Gasteiger partial charge is 0.329 e. The van der Waals surface area contributed by atoms with Crippen LogP contribution in [-0.4, -0.2) is 41.2 Å². The van der Waals surface area contributed by atoms with Gasteiger partial charge in [-0.15, -0.1) is 0 Å². The maximum atomic E-state index is 12.4. The second kappa shape index (κ2) is 7.82. The molecule has 0 saturated heterocycles. The van der Waals surface area contributed by atoms with Gasteiger partial charge < -0.3 is 10.1 Å². The summed E-state index contributed by atoms with van der Waals surface area (Å²) in [6.45, 7) is 2.66. The zero-order chi connectivity index (χ0) is 20.4. The Hall–Kier alpha value is -3.19. The molecule has 0 fully saturated rings. The number of halogens is 1. The van der Waals surface area contributed by atoms with E-state index in [0.29, 0.717) is 10.7 Å². The van der Waals surface area contributed by atoms with Gasteiger partial charge in [0, 0.05) is 0 Å². The molecule has 3 rings (SSSR count). The number of hydrogen-bond acceptors (Lipinski definition) is 5. The van der Waals surface area contributed by atoms with Crippen molar-refractivity contribution in [3.63, 3.8) is 0 Å². The summed E-state index contributed by atoms with van der Waals surface area (Å²) in [6, 6.07) is 10.2. The molecule has 0 bridgehead atoms. The molecule has 1 N–H and O–H groups in total. The van der Waals surface area contributed by atoms with E-state index in [4.69, 9.17) is 16.3 Å². The number of fused-ring (bicyclic) bond motifs is 1. The lowest BCUT2D eigenvalue weighted by Gasteiger charge is -2.20. The number of aryl methyl sites for hydroxylation is 1. The molecule has 3 amide bonds. The molecule has 0 spiro atoms. The molecule has 1 atom stereocenters. The van der Waals surface area contributed by atoms with Crippen LogP contribution >= 0.6 is 11.6 Å². The van der Waals surface area contributed by atoms with E-state index in [-0.39, 0.29) is 11.1 Å². The normalized spacial score (nSPS) is 13.9. The lowest BCUT2D eigenvalue weighted by atomic mass is 10.1. The molecule has 0 unspecified atom stereocenters. The summed E-state index contributed by atoms with van der Waals surface area (Å²) in [6.07, 6.45) is 0. The molecule has 0 radical (unpaired) electrons. The first kappa shape index (κ1) is 19.6. The molecule has 144 valence electrons. The Bertz CT molecular complexity index is 953. The summed E-state index contributed by atoms with van der Waals surface area (Å²) in [5.41, 5.74) is 1.80. The van der Waals surface area contributed by atoms with Gasteiger partial charge in [-0.2, -0.15) is 0 Å². The molecular weight excluding hydrogens is 384 g/mol. The predicted octanol–water partition coefficient (Wildman–Crippen LogP) is 2.81. The van der Waals surface area contributed by atoms with Gasteiger partial charge in [-0.1, -0.05) is 29.8 Å². The van der Waals surface area contributed by atoms with E-state index < -0.39 is 36.3 Å². The van der Waals surface area contributed by atoms with Crippen molar-refractivity contribution in [3.8, 4) is 0 Å². The first-order valence-electron chi connectivity index (χ1n) is 8.49. The fourth-order valence-corrected chi connectivity index (χ4v) is 3.11. The Morgan fingerprint density at radius 1 is 1.11 bits per heavy atom. The van der Waals surface area contributed by atoms with E-state index in [1.54, 1.807) is 30.3 Å². The summed E-state index contributed by atoms with van der Waals surface area (Å²) < 4.78 is 4.97. The summed E-state index contributed by atoms with van der Waals surface area (Å²) in [4.78, 5) is 49.9. The van der Waals surface area contributed by atoms with Gasteiger partial charge in [0.2, 0.25) is 0 Å². The summed E-state index contributed by atoms with van der Waals surface area (Å²) >= 11 is 6.05. The van der Waals surface area contributed by atoms with Gasteiger partial charge in [0.05, 0.1) is 21.8 Å². The molecule has 1 aliphatic heterocycles. The molecule has 0 saturated carbocycles. The Morgan fingerprint density at radius 2 is 1.71 bits per heavy atom. The first-order chi connectivity index (χ1) is 13.3. The number of imide groups is 1. The van der Waals surface area contributed by atoms with Gasteiger partial charge in [-0.05, 0) is 43.7 Å². The molecule has 2 aromatic carbocycles. The molecule has 0 aromatic heterocycles. The number of amides is 3. The SMILES string of the molecule is Cc1ccc(NC(=O)COC(=O)[C@H](C)N2C(=O)c3ccccc3C2=O)c(Cl)c1. The van der Waals surface area contributed by atoms with Crippen molar-refractivity contribution < 1.29 is 23.9 Å². The molecule has 1 aliphatic rings. The van der Waals surface area contributed by atoms with E-state index in [2.05, 4.69) is 5.32 Å². The van der Waals surface area contributed by atoms with Gasteiger partial charge in [0.25, 0.3) is 17.7 Å². The number of nitrogens with zero attached hydrogens (tertiary/aromatic N) is 1. The predicted molar refractivity (Wildman–Crippen MR) is 102 cm³/mol. The van der Waals surface area contributed by atoms with Crippen LogP contribution in [0, 0.1) is 6.92 Å². The molecule has 8 heteroatoms. The van der Waals surface area contributed by atoms with Crippen molar-refractivity contribution in [3.05, 3.63) is 64.2 Å². The molecule has 28 heavy (non-hydrogen) atoms. The maximum absolute atomic E-state index is 12.4. The van der Waals surface area contributed by atoms with E-state index in [1.807, 2.05) is 6.92 Å². The standard InChI is InChI=1S/C20H17ClN2O5/c1-11-7-8-16(15(21)9-11)22-17(24)10-28-20(27)12(2)23-18(25)13-5-3-4-6-14(13)19(23)26/h3-9,12H,10H2,1-2H3,(H,22,24)/t12-/m0/s1. The van der Waals surface area contributed by atoms with Gasteiger partial charge in [0.15, 0.2) is 6.61 Å². The highest BCUT2D eigenvalue weighted by atomic mass is 35.5. The first-order valence-corrected chi connectivity index (χ1v) is 8.87. The lowest BCUT2D eigenvalue weighted by Crippen LogP contribution is -2.44. The average Bonchev–Trinajstić information content (AvgIpc) is 2.92. The van der Waals surface area contributed by atoms with Gasteiger partial charge in [-0.3, -0.25) is 19.3 Å². The Morgan fingerprint density at radius 3 is 2.29 bits per heavy atom. The number of rotatable bonds is 5. The van der Waals surface area contributed by atoms with Crippen LogP contribution in [0.4, 0.5) is 5.69 Å². The van der Waals surface area contributed by atoms with Crippen LogP contribution in [0.2, 0.25) is 5.02 Å². The highest BCUT2D eigenvalue weighted by Gasteiger charge is 2.41. The zero-order valence-electron chi connectivity index (χ0n) is 15.2. The molecule has 1 heterocycles. The lowest BCUT2D eigenvalue weighted by molar-refractivity contribution is -0.150. The summed E-state index contributed by atoms with van der Waals surface area (Å²) in [5.74, 6) is -2.59. The van der Waals surface area contributed by atoms with Crippen molar-refractivity contribution in [2.24, 2.45) is 0 Å². The third-order valence-electron chi connectivity index (χ3n) is 4.30. The number of anilines is 1. The number of carbonyl (C=O) groups excluding carboxylic acids is 4. The molecule has 0 aliphatic carbocycles. The van der Waals surface area contributed by atoms with Crippen LogP contribution in [0.1, 0.15) is 33.2 Å². The quantitative estimate of drug-likeness (QED) is 0.615. The fourth-order valence-electron chi connectivity index (χ4n) is 2.83. The van der Waals surface area contributed by atoms with Crippen LogP contribution in [0.25, 0.3) is 0 Å². The third kappa shape index (κ3) is 3.75. The van der Waals surface area contributed by atoms with Crippen LogP contribution in [-0.2, 0) is 14.3 Å². The van der Waals surface area contributed by atoms with Gasteiger partial charge in [0.1, 0.15) is 6.04 Å². The van der Waals surface area contributed by atoms with Crippen molar-refractivity contribution >= 4 is 41.0 Å². The third-order valence-corrected chi connectivity index (χ3v) is 4.61. The van der Waals surface area contributed by atoms with Crippen molar-refractivity contribution in [1.29, 1.82) is 0 Å². The van der Waals surface area contributed by atoms with E-state index >= 15 is 0 Å². The van der Waals surface area contributed by atoms with E-state index in [9.17, 15) is 19.2 Å². The number of ether oxygens (including phenoxy) is 1. The number of esters is 1. The molecule has 2 aromatic rings. The Balaban J connectivity index is 1.60. The van der Waals surface area contributed by atoms with E-state index in [0.717, 1.165) is 10.5 Å². The minimum absolute atomic E-state index is 0.235. The number of carbonyl (C=O) groups is 4. The van der Waals surface area contributed by atoms with Crippen molar-refractivity contribution in [1.82, 2.24) is 4.90 Å². The van der Waals surface area contributed by atoms with Crippen LogP contribution in [0.15, 0.2) is 42.5 Å². The minimum atomic E-state index is -1.16. The molecule has 7 nitrogen and oxygen atoms in total. The molecular formula is C20H17ClN2O5. The van der Waals surface area contributed by atoms with Crippen LogP contribution in [0.5, 0.6) is 0 Å². The minimum Gasteiger partial charge on any atom is -0.454 e. The topological polar surface area (TPSA) is 92.8 Å². The van der Waals surface area contributed by atoms with Crippen LogP contribution < -0.4 is 5.32 Å². The Labute approximate surface area is 166 Å². The number of nitrogens with one attached hydrogen (secondary N) is 1. The second-order valence-corrected chi connectivity index (χ2v) is 6.75. The Kier molecular flexibility index (Phi) is 5.46. The summed E-state index contributed by atoms with van der Waals surface area (Å²) in [7, 11) is 0. The van der Waals surface area contributed by atoms with Gasteiger partial charge >= 0.3 is 5.97 Å². The highest BCUT2D eigenvalue weighted by molar-refractivity contribution is 6.33. The monoisotopic (exact) mass is 400 g/mol. The highest BCUT2D eigenvalue weighted by Crippen LogP contribution is 2.25. The number of hydrogen-bond donors (Lipinski definition) is 1. The zero-order valence-corrected chi connectivity index (χ0v) is 15.9. The summed E-state index contributed by atoms with van der Waals surface area (Å²) in [5, 5.41) is 2.90. The number of benzene rings is 2. The van der Waals surface area contributed by atoms with Crippen LogP contribution in [0.3, 0.4) is 0 Å². The average molecular weight is 401 g/mol. The van der Waals surface area contributed by atoms with E-state index in [1.165, 1.54) is 19.1 Å². The van der Waals surface area contributed by atoms with Crippen molar-refractivity contribution in [2.45, 2.75) is 19.9 Å².